The third-order valence-electron chi connectivity index (χ3n) is 5.76. The Kier molecular flexibility index (Phi) is 5.14. The van der Waals surface area contributed by atoms with E-state index in [0.29, 0.717) is 11.0 Å². The van der Waals surface area contributed by atoms with Crippen LogP contribution in [0.2, 0.25) is 0 Å². The van der Waals surface area contributed by atoms with Crippen molar-refractivity contribution in [2.24, 2.45) is 11.4 Å². The number of fused-ring (bicyclic) bond motifs is 2. The summed E-state index contributed by atoms with van der Waals surface area (Å²) in [7, 11) is 3.53. The molecule has 8 nitrogen and oxygen atoms in total. The van der Waals surface area contributed by atoms with Crippen molar-refractivity contribution in [1.29, 1.82) is 0 Å². The Morgan fingerprint density at radius 3 is 2.30 bits per heavy atom. The van der Waals surface area contributed by atoms with Crippen molar-refractivity contribution in [3.63, 3.8) is 0 Å². The summed E-state index contributed by atoms with van der Waals surface area (Å²) in [6.45, 7) is 0.605. The Morgan fingerprint density at radius 1 is 1.13 bits per heavy atom. The van der Waals surface area contributed by atoms with Crippen LogP contribution in [0.3, 0.4) is 0 Å². The molecule has 1 heterocycles. The van der Waals surface area contributed by atoms with Gasteiger partial charge >= 0.3 is 10.0 Å². The average molecular weight is 432 g/mol. The number of benzene rings is 1. The number of amidine groups is 1. The van der Waals surface area contributed by atoms with E-state index >= 15 is 0 Å². The molecule has 162 valence electrons. The molecular weight excluding hydrogens is 402 g/mol. The van der Waals surface area contributed by atoms with Crippen molar-refractivity contribution < 1.29 is 18.0 Å². The standard InChI is InChI=1S/C21H29N5O3S/c1-25-16(13-26(2,3)4)12-19(23-25)30(28,29)24-21(27)22-20-17-9-5-7-14(17)11-15-8-6-10-18(15)20/h11-12H,5-10,13H2,1-4H3,(H-,22,24,27). The Hall–Kier alpha value is -2.39. The molecule has 4 rings (SSSR count). The van der Waals surface area contributed by atoms with E-state index in [9.17, 15) is 13.5 Å². The van der Waals surface area contributed by atoms with E-state index in [-0.39, 0.29) is 5.03 Å². The fourth-order valence-corrected chi connectivity index (χ4v) is 5.36. The number of nitrogens with zero attached hydrogens (tertiary/aromatic N) is 4. The number of aromatic nitrogens is 2. The summed E-state index contributed by atoms with van der Waals surface area (Å²) in [4.78, 5) is 0. The number of nitrogens with one attached hydrogen (secondary N) is 1. The molecule has 2 aromatic rings. The van der Waals surface area contributed by atoms with Crippen LogP contribution < -0.4 is 10.4 Å². The lowest BCUT2D eigenvalue weighted by Gasteiger charge is -2.23. The van der Waals surface area contributed by atoms with Crippen molar-refractivity contribution in [2.45, 2.75) is 50.1 Å². The van der Waals surface area contributed by atoms with E-state index in [1.165, 1.54) is 21.9 Å². The van der Waals surface area contributed by atoms with Gasteiger partial charge in [-0.1, -0.05) is 6.07 Å². The van der Waals surface area contributed by atoms with E-state index in [0.717, 1.165) is 61.0 Å². The van der Waals surface area contributed by atoms with E-state index in [2.05, 4.69) is 20.9 Å². The molecule has 2 aliphatic rings. The van der Waals surface area contributed by atoms with Crippen molar-refractivity contribution in [3.05, 3.63) is 40.1 Å². The third kappa shape index (κ3) is 4.09. The van der Waals surface area contributed by atoms with Gasteiger partial charge in [0.25, 0.3) is 0 Å². The summed E-state index contributed by atoms with van der Waals surface area (Å²) in [5.41, 5.74) is 6.36. The predicted molar refractivity (Wildman–Crippen MR) is 114 cm³/mol. The molecule has 1 aromatic heterocycles. The maximum Gasteiger partial charge on any atom is 0.302 e. The van der Waals surface area contributed by atoms with Crippen LogP contribution in [0, 0.1) is 0 Å². The highest BCUT2D eigenvalue weighted by Crippen LogP contribution is 2.38. The molecule has 0 unspecified atom stereocenters. The Morgan fingerprint density at radius 2 is 1.73 bits per heavy atom. The fourth-order valence-electron chi connectivity index (χ4n) is 4.49. The monoisotopic (exact) mass is 431 g/mol. The first kappa shape index (κ1) is 20.9. The lowest BCUT2D eigenvalue weighted by molar-refractivity contribution is -0.884. The number of anilines is 1. The lowest BCUT2D eigenvalue weighted by Crippen LogP contribution is -2.34. The number of sulfonamides is 1. The van der Waals surface area contributed by atoms with Gasteiger partial charge in [-0.3, -0.25) is 4.68 Å². The van der Waals surface area contributed by atoms with Gasteiger partial charge in [0.05, 0.1) is 32.9 Å². The molecule has 0 aliphatic heterocycles. The van der Waals surface area contributed by atoms with Crippen LogP contribution in [-0.4, -0.2) is 49.8 Å². The molecule has 0 fully saturated rings. The van der Waals surface area contributed by atoms with Gasteiger partial charge in [-0.25, -0.2) is 0 Å². The third-order valence-corrected chi connectivity index (χ3v) is 6.90. The summed E-state index contributed by atoms with van der Waals surface area (Å²) >= 11 is 0. The van der Waals surface area contributed by atoms with Crippen molar-refractivity contribution in [1.82, 2.24) is 9.78 Å². The maximum atomic E-state index is 12.7. The van der Waals surface area contributed by atoms with Crippen LogP contribution in [0.25, 0.3) is 0 Å². The number of quaternary nitrogens is 1. The second-order valence-electron chi connectivity index (χ2n) is 9.28. The first-order valence-corrected chi connectivity index (χ1v) is 11.8. The minimum Gasteiger partial charge on any atom is -0.845 e. The SMILES string of the molecule is Cn1nc(S(=O)(=O)/N=C(\[O-])Nc2c3c(cc4c2CCC4)CCC3)cc1C[N+](C)(C)C. The minimum atomic E-state index is -4.19. The summed E-state index contributed by atoms with van der Waals surface area (Å²) in [5, 5.41) is 19.3. The quantitative estimate of drug-likeness (QED) is 0.435. The smallest absolute Gasteiger partial charge is 0.302 e. The highest BCUT2D eigenvalue weighted by atomic mass is 32.2. The molecule has 1 aromatic carbocycles. The molecule has 2 aliphatic carbocycles. The van der Waals surface area contributed by atoms with Crippen molar-refractivity contribution in [3.8, 4) is 0 Å². The van der Waals surface area contributed by atoms with E-state index < -0.39 is 16.0 Å². The van der Waals surface area contributed by atoms with E-state index in [4.69, 9.17) is 0 Å². The molecule has 0 spiro atoms. The number of hydrogen-bond acceptors (Lipinski definition) is 4. The van der Waals surface area contributed by atoms with Crippen LogP contribution in [0.15, 0.2) is 21.6 Å². The van der Waals surface area contributed by atoms with Gasteiger partial charge in [0.2, 0.25) is 0 Å². The zero-order valence-corrected chi connectivity index (χ0v) is 18.8. The maximum absolute atomic E-state index is 12.7. The fraction of sp³-hybridized carbons (Fsp3) is 0.524. The Labute approximate surface area is 177 Å². The molecule has 0 amide bonds. The predicted octanol–water partition coefficient (Wildman–Crippen LogP) is 1.12. The highest BCUT2D eigenvalue weighted by molar-refractivity contribution is 7.90. The van der Waals surface area contributed by atoms with Crippen molar-refractivity contribution in [2.75, 3.05) is 26.5 Å². The first-order valence-electron chi connectivity index (χ1n) is 10.3. The second-order valence-corrected chi connectivity index (χ2v) is 10.8. The van der Waals surface area contributed by atoms with Gasteiger partial charge in [-0.2, -0.15) is 17.9 Å². The van der Waals surface area contributed by atoms with Gasteiger partial charge in [-0.05, 0) is 60.8 Å². The minimum absolute atomic E-state index is 0.202. The molecule has 9 heteroatoms. The summed E-state index contributed by atoms with van der Waals surface area (Å²) < 4.78 is 31.1. The molecule has 0 saturated heterocycles. The number of hydrogen-bond donors (Lipinski definition) is 1. The second kappa shape index (κ2) is 7.39. The summed E-state index contributed by atoms with van der Waals surface area (Å²) in [6.07, 6.45) is 5.92. The Balaban J connectivity index is 1.63. The molecule has 0 radical (unpaired) electrons. The van der Waals surface area contributed by atoms with Crippen LogP contribution in [0.5, 0.6) is 0 Å². The lowest BCUT2D eigenvalue weighted by atomic mass is 9.99. The zero-order chi connectivity index (χ0) is 21.7. The average Bonchev–Trinajstić information content (AvgIpc) is 3.33. The number of aryl methyl sites for hydroxylation is 3. The van der Waals surface area contributed by atoms with E-state index in [1.54, 1.807) is 7.05 Å². The van der Waals surface area contributed by atoms with Crippen LogP contribution in [0.4, 0.5) is 5.69 Å². The van der Waals surface area contributed by atoms with Gasteiger partial charge in [0.15, 0.2) is 5.03 Å². The van der Waals surface area contributed by atoms with Crippen molar-refractivity contribution >= 4 is 21.7 Å². The molecule has 0 bridgehead atoms. The number of rotatable bonds is 5. The summed E-state index contributed by atoms with van der Waals surface area (Å²) in [5.74, 6) is 0. The van der Waals surface area contributed by atoms with Gasteiger partial charge in [0.1, 0.15) is 6.54 Å². The first-order chi connectivity index (χ1) is 14.0. The Bertz CT molecular complexity index is 1090. The molecule has 30 heavy (non-hydrogen) atoms. The molecular formula is C21H29N5O3S. The van der Waals surface area contributed by atoms with E-state index in [1.807, 2.05) is 21.1 Å². The van der Waals surface area contributed by atoms with Gasteiger partial charge in [-0.15, -0.1) is 0 Å². The topological polar surface area (TPSA) is 99.4 Å². The van der Waals surface area contributed by atoms with Crippen LogP contribution >= 0.6 is 0 Å². The molecule has 1 N–H and O–H groups in total. The normalized spacial score (nSPS) is 16.6. The van der Waals surface area contributed by atoms with Crippen LogP contribution in [-0.2, 0) is 49.3 Å². The molecule has 0 saturated carbocycles. The van der Waals surface area contributed by atoms with Crippen LogP contribution in [0.1, 0.15) is 40.8 Å². The van der Waals surface area contributed by atoms with Gasteiger partial charge in [0, 0.05) is 18.8 Å². The molecule has 0 atom stereocenters. The largest absolute Gasteiger partial charge is 0.845 e. The zero-order valence-electron chi connectivity index (χ0n) is 18.0. The highest BCUT2D eigenvalue weighted by Gasteiger charge is 2.25. The summed E-state index contributed by atoms with van der Waals surface area (Å²) in [6, 6.07) is 2.90. The van der Waals surface area contributed by atoms with Gasteiger partial charge < -0.3 is 14.9 Å².